The summed E-state index contributed by atoms with van der Waals surface area (Å²) in [6.45, 7) is 2.13. The van der Waals surface area contributed by atoms with Gasteiger partial charge in [-0.05, 0) is 12.8 Å². The molecule has 0 spiro atoms. The lowest BCUT2D eigenvalue weighted by Crippen LogP contribution is -2.20. The van der Waals surface area contributed by atoms with Gasteiger partial charge in [-0.25, -0.2) is 4.79 Å². The second-order valence-electron chi connectivity index (χ2n) is 4.00. The highest BCUT2D eigenvalue weighted by molar-refractivity contribution is 5.81. The first-order chi connectivity index (χ1) is 7.33. The Morgan fingerprint density at radius 1 is 1.07 bits per heavy atom. The number of hydrogen-bond donors (Lipinski definition) is 0. The van der Waals surface area contributed by atoms with Crippen LogP contribution in [0, 0.1) is 0 Å². The van der Waals surface area contributed by atoms with Crippen LogP contribution >= 0.6 is 0 Å². The highest BCUT2D eigenvalue weighted by Gasteiger charge is 2.03. The molecule has 0 amide bonds. The molecule has 0 aromatic heterocycles. The van der Waals surface area contributed by atoms with Crippen molar-refractivity contribution < 1.29 is 9.53 Å². The minimum atomic E-state index is -0.269. The predicted molar refractivity (Wildman–Crippen MR) is 60.4 cm³/mol. The highest BCUT2D eigenvalue weighted by Crippen LogP contribution is 2.11. The molecule has 1 rings (SSSR count). The summed E-state index contributed by atoms with van der Waals surface area (Å²) in [6.07, 6.45) is 11.2. The normalized spacial score (nSPS) is 19.4. The Bertz CT molecular complexity index is 204. The third-order valence-electron chi connectivity index (χ3n) is 2.76. The molecular formula is C12H21NO2. The van der Waals surface area contributed by atoms with E-state index in [4.69, 9.17) is 0 Å². The summed E-state index contributed by atoms with van der Waals surface area (Å²) in [7, 11) is 1.41. The maximum atomic E-state index is 10.9. The van der Waals surface area contributed by atoms with Crippen molar-refractivity contribution in [3.05, 3.63) is 12.3 Å². The van der Waals surface area contributed by atoms with E-state index in [1.54, 1.807) is 0 Å². The zero-order valence-electron chi connectivity index (χ0n) is 9.58. The Balaban J connectivity index is 2.36. The number of esters is 1. The fourth-order valence-corrected chi connectivity index (χ4v) is 1.83. The average Bonchev–Trinajstić information content (AvgIpc) is 2.39. The molecule has 0 aliphatic carbocycles. The zero-order valence-corrected chi connectivity index (χ0v) is 9.58. The van der Waals surface area contributed by atoms with E-state index in [-0.39, 0.29) is 5.97 Å². The summed E-state index contributed by atoms with van der Waals surface area (Å²) < 4.78 is 4.57. The molecular weight excluding hydrogens is 190 g/mol. The Labute approximate surface area is 92.1 Å². The Kier molecular flexibility index (Phi) is 5.90. The van der Waals surface area contributed by atoms with E-state index in [2.05, 4.69) is 9.64 Å². The van der Waals surface area contributed by atoms with Gasteiger partial charge in [-0.15, -0.1) is 0 Å². The molecule has 0 aromatic rings. The second-order valence-corrected chi connectivity index (χ2v) is 4.00. The maximum Gasteiger partial charge on any atom is 0.331 e. The molecule has 0 saturated carbocycles. The van der Waals surface area contributed by atoms with Crippen molar-refractivity contribution in [2.45, 2.75) is 38.5 Å². The maximum absolute atomic E-state index is 10.9. The summed E-state index contributed by atoms with van der Waals surface area (Å²) in [4.78, 5) is 13.2. The van der Waals surface area contributed by atoms with Gasteiger partial charge in [0.05, 0.1) is 7.11 Å². The number of nitrogens with zero attached hydrogens (tertiary/aromatic N) is 1. The third-order valence-corrected chi connectivity index (χ3v) is 2.76. The van der Waals surface area contributed by atoms with Crippen LogP contribution in [0.25, 0.3) is 0 Å². The van der Waals surface area contributed by atoms with Gasteiger partial charge in [0.25, 0.3) is 0 Å². The molecule has 0 bridgehead atoms. The molecule has 86 valence electrons. The summed E-state index contributed by atoms with van der Waals surface area (Å²) in [5, 5.41) is 0. The Morgan fingerprint density at radius 3 is 2.13 bits per heavy atom. The minimum Gasteiger partial charge on any atom is -0.466 e. The van der Waals surface area contributed by atoms with Crippen molar-refractivity contribution in [1.82, 2.24) is 4.90 Å². The van der Waals surface area contributed by atoms with Gasteiger partial charge in [0.2, 0.25) is 0 Å². The first-order valence-electron chi connectivity index (χ1n) is 5.83. The molecule has 1 saturated heterocycles. The quantitative estimate of drug-likeness (QED) is 0.518. The molecule has 3 nitrogen and oxygen atoms in total. The van der Waals surface area contributed by atoms with Gasteiger partial charge >= 0.3 is 5.97 Å². The summed E-state index contributed by atoms with van der Waals surface area (Å²) >= 11 is 0. The summed E-state index contributed by atoms with van der Waals surface area (Å²) in [5.41, 5.74) is 0. The Hall–Kier alpha value is -0.990. The van der Waals surface area contributed by atoms with Crippen molar-refractivity contribution in [2.24, 2.45) is 0 Å². The predicted octanol–water partition coefficient (Wildman–Crippen LogP) is 2.33. The van der Waals surface area contributed by atoms with Crippen LogP contribution in [-0.2, 0) is 9.53 Å². The third kappa shape index (κ3) is 5.45. The number of hydrogen-bond acceptors (Lipinski definition) is 3. The van der Waals surface area contributed by atoms with Crippen LogP contribution in [0.4, 0.5) is 0 Å². The first kappa shape index (κ1) is 12.1. The van der Waals surface area contributed by atoms with E-state index in [1.165, 1.54) is 51.7 Å². The topological polar surface area (TPSA) is 29.5 Å². The molecule has 1 heterocycles. The van der Waals surface area contributed by atoms with Crippen LogP contribution in [0.15, 0.2) is 12.3 Å². The molecule has 3 heteroatoms. The minimum absolute atomic E-state index is 0.269. The monoisotopic (exact) mass is 211 g/mol. The van der Waals surface area contributed by atoms with Gasteiger partial charge in [-0.1, -0.05) is 25.7 Å². The molecule has 1 aliphatic heterocycles. The highest BCUT2D eigenvalue weighted by atomic mass is 16.5. The molecule has 0 atom stereocenters. The molecule has 1 aliphatic rings. The van der Waals surface area contributed by atoms with Gasteiger partial charge in [0.15, 0.2) is 0 Å². The van der Waals surface area contributed by atoms with E-state index in [1.807, 2.05) is 6.20 Å². The number of carbonyl (C=O) groups is 1. The van der Waals surface area contributed by atoms with Crippen molar-refractivity contribution in [3.8, 4) is 0 Å². The summed E-state index contributed by atoms with van der Waals surface area (Å²) in [5.74, 6) is -0.269. The standard InChI is InChI=1S/C12H21NO2/c1-15-12(14)8-11-13-9-6-4-2-3-5-7-10-13/h8,11H,2-7,9-10H2,1H3/b11-8+. The molecule has 0 N–H and O–H groups in total. The Morgan fingerprint density at radius 2 is 1.60 bits per heavy atom. The van der Waals surface area contributed by atoms with Gasteiger partial charge in [0, 0.05) is 25.4 Å². The van der Waals surface area contributed by atoms with E-state index >= 15 is 0 Å². The number of carbonyl (C=O) groups excluding carboxylic acids is 1. The fraction of sp³-hybridized carbons (Fsp3) is 0.750. The van der Waals surface area contributed by atoms with Crippen molar-refractivity contribution in [1.29, 1.82) is 0 Å². The van der Waals surface area contributed by atoms with Gasteiger partial charge in [0.1, 0.15) is 0 Å². The smallest absolute Gasteiger partial charge is 0.331 e. The SMILES string of the molecule is COC(=O)/C=C/N1CCCCCCCC1. The van der Waals surface area contributed by atoms with Crippen LogP contribution in [0.5, 0.6) is 0 Å². The second kappa shape index (κ2) is 7.32. The lowest BCUT2D eigenvalue weighted by Gasteiger charge is -2.18. The largest absolute Gasteiger partial charge is 0.466 e. The molecule has 0 aromatic carbocycles. The lowest BCUT2D eigenvalue weighted by molar-refractivity contribution is -0.134. The van der Waals surface area contributed by atoms with Crippen LogP contribution in [0.3, 0.4) is 0 Å². The molecule has 0 unspecified atom stereocenters. The summed E-state index contributed by atoms with van der Waals surface area (Å²) in [6, 6.07) is 0. The van der Waals surface area contributed by atoms with Crippen molar-refractivity contribution >= 4 is 5.97 Å². The van der Waals surface area contributed by atoms with Crippen molar-refractivity contribution in [2.75, 3.05) is 20.2 Å². The number of ether oxygens (including phenoxy) is 1. The van der Waals surface area contributed by atoms with Crippen molar-refractivity contribution in [3.63, 3.8) is 0 Å². The number of methoxy groups -OCH3 is 1. The lowest BCUT2D eigenvalue weighted by atomic mass is 10.1. The fourth-order valence-electron chi connectivity index (χ4n) is 1.83. The van der Waals surface area contributed by atoms with Crippen LogP contribution < -0.4 is 0 Å². The van der Waals surface area contributed by atoms with E-state index < -0.39 is 0 Å². The van der Waals surface area contributed by atoms with Gasteiger partial charge in [-0.2, -0.15) is 0 Å². The van der Waals surface area contributed by atoms with Gasteiger partial charge < -0.3 is 9.64 Å². The zero-order chi connectivity index (χ0) is 10.9. The average molecular weight is 211 g/mol. The van der Waals surface area contributed by atoms with Gasteiger partial charge in [-0.3, -0.25) is 0 Å². The first-order valence-corrected chi connectivity index (χ1v) is 5.83. The van der Waals surface area contributed by atoms with Crippen LogP contribution in [-0.4, -0.2) is 31.1 Å². The molecule has 1 fully saturated rings. The molecule has 0 radical (unpaired) electrons. The molecule has 15 heavy (non-hydrogen) atoms. The van der Waals surface area contributed by atoms with Crippen LogP contribution in [0.2, 0.25) is 0 Å². The van der Waals surface area contributed by atoms with E-state index in [0.29, 0.717) is 0 Å². The van der Waals surface area contributed by atoms with E-state index in [0.717, 1.165) is 13.1 Å². The number of rotatable bonds is 2. The van der Waals surface area contributed by atoms with Crippen LogP contribution in [0.1, 0.15) is 38.5 Å². The van der Waals surface area contributed by atoms with E-state index in [9.17, 15) is 4.79 Å².